The second-order valence-corrected chi connectivity index (χ2v) is 5.90. The summed E-state index contributed by atoms with van der Waals surface area (Å²) in [6.07, 6.45) is -4.66. The van der Waals surface area contributed by atoms with Crippen LogP contribution in [0.1, 0.15) is 27.0 Å². The van der Waals surface area contributed by atoms with Crippen molar-refractivity contribution < 1.29 is 27.8 Å². The number of amides is 1. The Morgan fingerprint density at radius 2 is 1.83 bits per heavy atom. The zero-order valence-corrected chi connectivity index (χ0v) is 14.9. The molecule has 0 aliphatic carbocycles. The van der Waals surface area contributed by atoms with Crippen LogP contribution >= 0.6 is 11.6 Å². The minimum absolute atomic E-state index is 0.154. The lowest BCUT2D eigenvalue weighted by molar-refractivity contribution is -0.392. The Kier molecular flexibility index (Phi) is 5.75. The topological polar surface area (TPSA) is 141 Å². The third kappa shape index (κ3) is 4.25. The fraction of sp³-hybridized carbons (Fsp3) is 0.125. The Hall–Kier alpha value is -3.72. The first kappa shape index (κ1) is 21.6. The Morgan fingerprint density at radius 3 is 2.28 bits per heavy atom. The van der Waals surface area contributed by atoms with Crippen LogP contribution in [0, 0.1) is 38.5 Å². The number of aryl methyl sites for hydroxylation is 1. The number of nitriles is 1. The number of rotatable bonds is 4. The van der Waals surface area contributed by atoms with Gasteiger partial charge in [0.05, 0.1) is 21.0 Å². The molecule has 0 heterocycles. The van der Waals surface area contributed by atoms with Gasteiger partial charge in [0.2, 0.25) is 5.69 Å². The predicted molar refractivity (Wildman–Crippen MR) is 91.8 cm³/mol. The maximum Gasteiger partial charge on any atom is 0.416 e. The van der Waals surface area contributed by atoms with Crippen LogP contribution in [0.25, 0.3) is 0 Å². The highest BCUT2D eigenvalue weighted by molar-refractivity contribution is 6.34. The number of carbonyl (C=O) groups is 1. The quantitative estimate of drug-likeness (QED) is 0.521. The van der Waals surface area contributed by atoms with Crippen LogP contribution in [0.4, 0.5) is 30.2 Å². The van der Waals surface area contributed by atoms with Crippen LogP contribution in [0.3, 0.4) is 0 Å². The van der Waals surface area contributed by atoms with Crippen molar-refractivity contribution in [3.63, 3.8) is 0 Å². The molecule has 0 atom stereocenters. The number of hydrogen-bond donors (Lipinski definition) is 0. The molecule has 2 rings (SSSR count). The van der Waals surface area contributed by atoms with Gasteiger partial charge in [-0.2, -0.15) is 23.7 Å². The largest absolute Gasteiger partial charge is 0.416 e. The number of hydrogen-bond acceptors (Lipinski definition) is 6. The predicted octanol–water partition coefficient (Wildman–Crippen LogP) is 4.43. The minimum Gasteiger partial charge on any atom is -0.267 e. The van der Waals surface area contributed by atoms with Crippen LogP contribution < -0.4 is 5.32 Å². The lowest BCUT2D eigenvalue weighted by atomic mass is 10.0. The number of nitro benzene ring substituents is 2. The molecule has 149 valence electrons. The lowest BCUT2D eigenvalue weighted by Crippen LogP contribution is -2.16. The van der Waals surface area contributed by atoms with Crippen LogP contribution in [0.5, 0.6) is 0 Å². The van der Waals surface area contributed by atoms with Crippen LogP contribution in [-0.2, 0) is 6.18 Å². The monoisotopic (exact) mass is 427 g/mol. The van der Waals surface area contributed by atoms with Gasteiger partial charge in [-0.25, -0.2) is 0 Å². The van der Waals surface area contributed by atoms with Gasteiger partial charge in [0, 0.05) is 11.6 Å². The minimum atomic E-state index is -4.66. The highest BCUT2D eigenvalue weighted by Gasteiger charge is 2.35. The molecule has 0 unspecified atom stereocenters. The summed E-state index contributed by atoms with van der Waals surface area (Å²) in [7, 11) is 0. The molecule has 0 saturated heterocycles. The van der Waals surface area contributed by atoms with E-state index in [-0.39, 0.29) is 11.1 Å². The molecule has 0 fully saturated rings. The summed E-state index contributed by atoms with van der Waals surface area (Å²) in [5.74, 6) is -1.26. The molecule has 0 aliphatic rings. The number of benzene rings is 2. The first-order valence-electron chi connectivity index (χ1n) is 7.37. The molecule has 0 bridgehead atoms. The van der Waals surface area contributed by atoms with E-state index >= 15 is 0 Å². The molecule has 0 spiro atoms. The number of nitro groups is 2. The Labute approximate surface area is 164 Å². The first-order chi connectivity index (χ1) is 13.4. The molecule has 2 aromatic carbocycles. The second-order valence-electron chi connectivity index (χ2n) is 5.52. The van der Waals surface area contributed by atoms with E-state index in [0.29, 0.717) is 18.2 Å². The van der Waals surface area contributed by atoms with Gasteiger partial charge in [0.1, 0.15) is 11.1 Å². The van der Waals surface area contributed by atoms with Crippen molar-refractivity contribution in [2.24, 2.45) is 0 Å². The van der Waals surface area contributed by atoms with Crippen molar-refractivity contribution in [1.82, 2.24) is 5.32 Å². The fourth-order valence-electron chi connectivity index (χ4n) is 2.36. The van der Waals surface area contributed by atoms with Crippen LogP contribution in [0.15, 0.2) is 24.3 Å². The van der Waals surface area contributed by atoms with E-state index < -0.39 is 55.1 Å². The molecule has 0 saturated carbocycles. The number of carbonyl (C=O) groups excluding carboxylic acids is 1. The zero-order valence-electron chi connectivity index (χ0n) is 14.2. The van der Waals surface area contributed by atoms with E-state index in [1.54, 1.807) is 0 Å². The SMILES string of the molecule is Cc1cc(C(F)(F)F)ccc1C(=O)[N]c1c([N+](=O)[O-])cc(C#N)c(Cl)c1[N+](=O)[O-]. The third-order valence-electron chi connectivity index (χ3n) is 3.69. The molecule has 29 heavy (non-hydrogen) atoms. The second kappa shape index (κ2) is 7.72. The molecular formula is C16H7ClF3N4O5. The average Bonchev–Trinajstić information content (AvgIpc) is 2.60. The van der Waals surface area contributed by atoms with Crippen molar-refractivity contribution in [2.75, 3.05) is 0 Å². The molecular weight excluding hydrogens is 421 g/mol. The molecule has 13 heteroatoms. The fourth-order valence-corrected chi connectivity index (χ4v) is 2.62. The average molecular weight is 428 g/mol. The standard InChI is InChI=1S/C16H7ClF3N4O5/c1-7-4-9(16(18,19)20)2-3-10(7)15(25)22-13-11(23(26)27)5-8(6-21)12(17)14(13)24(28)29/h2-5H,1H3. The van der Waals surface area contributed by atoms with Gasteiger partial charge in [-0.05, 0) is 30.7 Å². The van der Waals surface area contributed by atoms with Crippen molar-refractivity contribution in [3.8, 4) is 6.07 Å². The van der Waals surface area contributed by atoms with Gasteiger partial charge in [-0.15, -0.1) is 0 Å². The van der Waals surface area contributed by atoms with E-state index in [1.807, 2.05) is 0 Å². The molecule has 0 aromatic heterocycles. The lowest BCUT2D eigenvalue weighted by Gasteiger charge is -2.11. The number of halogens is 4. The molecule has 1 radical (unpaired) electrons. The maximum atomic E-state index is 12.7. The van der Waals surface area contributed by atoms with Gasteiger partial charge < -0.3 is 0 Å². The van der Waals surface area contributed by atoms with Gasteiger partial charge in [-0.1, -0.05) is 11.6 Å². The summed E-state index contributed by atoms with van der Waals surface area (Å²) in [6, 6.07) is 4.13. The van der Waals surface area contributed by atoms with Gasteiger partial charge >= 0.3 is 17.6 Å². The maximum absolute atomic E-state index is 12.7. The molecule has 9 nitrogen and oxygen atoms in total. The highest BCUT2D eigenvalue weighted by Crippen LogP contribution is 2.42. The summed E-state index contributed by atoms with van der Waals surface area (Å²) < 4.78 is 38.2. The van der Waals surface area contributed by atoms with Gasteiger partial charge in [0.25, 0.3) is 5.91 Å². The summed E-state index contributed by atoms with van der Waals surface area (Å²) in [4.78, 5) is 32.7. The van der Waals surface area contributed by atoms with E-state index in [4.69, 9.17) is 16.9 Å². The Morgan fingerprint density at radius 1 is 1.21 bits per heavy atom. The van der Waals surface area contributed by atoms with E-state index in [0.717, 1.165) is 6.07 Å². The van der Waals surface area contributed by atoms with Crippen LogP contribution in [-0.4, -0.2) is 15.8 Å². The molecule has 1 amide bonds. The van der Waals surface area contributed by atoms with Crippen LogP contribution in [0.2, 0.25) is 5.02 Å². The number of alkyl halides is 3. The first-order valence-corrected chi connectivity index (χ1v) is 7.75. The normalized spacial score (nSPS) is 10.9. The Balaban J connectivity index is 2.61. The Bertz CT molecular complexity index is 1100. The summed E-state index contributed by atoms with van der Waals surface area (Å²) in [5, 5.41) is 34.1. The zero-order chi connectivity index (χ0) is 22.1. The third-order valence-corrected chi connectivity index (χ3v) is 4.07. The van der Waals surface area contributed by atoms with Crippen molar-refractivity contribution in [2.45, 2.75) is 13.1 Å². The van der Waals surface area contributed by atoms with Gasteiger partial charge in [-0.3, -0.25) is 25.0 Å². The van der Waals surface area contributed by atoms with Gasteiger partial charge in [0.15, 0.2) is 0 Å². The summed E-state index contributed by atoms with van der Waals surface area (Å²) in [5.41, 5.74) is -5.33. The smallest absolute Gasteiger partial charge is 0.267 e. The van der Waals surface area contributed by atoms with E-state index in [1.165, 1.54) is 13.0 Å². The van der Waals surface area contributed by atoms with E-state index in [2.05, 4.69) is 5.32 Å². The molecule has 2 aromatic rings. The number of nitrogens with zero attached hydrogens (tertiary/aromatic N) is 4. The van der Waals surface area contributed by atoms with E-state index in [9.17, 15) is 38.2 Å². The summed E-state index contributed by atoms with van der Waals surface area (Å²) in [6.45, 7) is 1.17. The molecule has 0 N–H and O–H groups in total. The highest BCUT2D eigenvalue weighted by atomic mass is 35.5. The van der Waals surface area contributed by atoms with Crippen molar-refractivity contribution in [3.05, 3.63) is 71.8 Å². The van der Waals surface area contributed by atoms with Crippen molar-refractivity contribution in [1.29, 1.82) is 5.26 Å². The molecule has 0 aliphatic heterocycles. The summed E-state index contributed by atoms with van der Waals surface area (Å²) >= 11 is 5.73. The van der Waals surface area contributed by atoms with Crippen molar-refractivity contribution >= 4 is 34.6 Å².